The zero-order valence-corrected chi connectivity index (χ0v) is 16.9. The predicted molar refractivity (Wildman–Crippen MR) is 110 cm³/mol. The topological polar surface area (TPSA) is 48.9 Å². The number of nitrogens with zero attached hydrogens (tertiary/aromatic N) is 2. The molecule has 1 aromatic rings. The van der Waals surface area contributed by atoms with Gasteiger partial charge in [0.05, 0.1) is 6.61 Å². The molecule has 2 N–H and O–H groups in total. The molecule has 0 bridgehead atoms. The fraction of sp³-hybridized carbons (Fsp3) is 0.650. The van der Waals surface area contributed by atoms with Crippen molar-refractivity contribution in [1.29, 1.82) is 0 Å². The van der Waals surface area contributed by atoms with E-state index in [0.29, 0.717) is 5.92 Å². The average molecular weight is 381 g/mol. The van der Waals surface area contributed by atoms with Crippen LogP contribution in [-0.2, 0) is 11.2 Å². The maximum Gasteiger partial charge on any atom is 0.191 e. The molecule has 26 heavy (non-hydrogen) atoms. The SMILES string of the molecule is CCNC(=NCC1CCN(CCOC)CC1)NCCc1cccc(Cl)c1. The third-order valence-corrected chi connectivity index (χ3v) is 5.00. The third kappa shape index (κ3) is 7.94. The summed E-state index contributed by atoms with van der Waals surface area (Å²) >= 11 is 6.04. The molecule has 146 valence electrons. The summed E-state index contributed by atoms with van der Waals surface area (Å²) in [5, 5.41) is 7.57. The van der Waals surface area contributed by atoms with E-state index in [1.54, 1.807) is 7.11 Å². The van der Waals surface area contributed by atoms with Gasteiger partial charge in [0.25, 0.3) is 0 Å². The lowest BCUT2D eigenvalue weighted by molar-refractivity contribution is 0.121. The van der Waals surface area contributed by atoms with Gasteiger partial charge < -0.3 is 20.3 Å². The van der Waals surface area contributed by atoms with E-state index in [1.807, 2.05) is 18.2 Å². The minimum absolute atomic E-state index is 0.678. The molecule has 1 heterocycles. The van der Waals surface area contributed by atoms with Crippen molar-refractivity contribution in [3.8, 4) is 0 Å². The molecule has 0 atom stereocenters. The summed E-state index contributed by atoms with van der Waals surface area (Å²) in [7, 11) is 1.77. The largest absolute Gasteiger partial charge is 0.383 e. The van der Waals surface area contributed by atoms with Gasteiger partial charge in [-0.1, -0.05) is 23.7 Å². The number of nitrogens with one attached hydrogen (secondary N) is 2. The molecular formula is C20H33ClN4O. The summed E-state index contributed by atoms with van der Waals surface area (Å²) in [6, 6.07) is 8.03. The average Bonchev–Trinajstić information content (AvgIpc) is 2.65. The van der Waals surface area contributed by atoms with E-state index in [4.69, 9.17) is 21.3 Å². The highest BCUT2D eigenvalue weighted by Gasteiger charge is 2.18. The van der Waals surface area contributed by atoms with Crippen LogP contribution in [0.15, 0.2) is 29.3 Å². The van der Waals surface area contributed by atoms with Crippen LogP contribution in [0.3, 0.4) is 0 Å². The molecule has 0 saturated carbocycles. The fourth-order valence-corrected chi connectivity index (χ4v) is 3.41. The first-order valence-corrected chi connectivity index (χ1v) is 10.1. The monoisotopic (exact) mass is 380 g/mol. The minimum Gasteiger partial charge on any atom is -0.383 e. The lowest BCUT2D eigenvalue weighted by atomic mass is 9.97. The number of aliphatic imine (C=N–C) groups is 1. The fourth-order valence-electron chi connectivity index (χ4n) is 3.19. The van der Waals surface area contributed by atoms with Gasteiger partial charge in [-0.25, -0.2) is 0 Å². The normalized spacial score (nSPS) is 16.7. The van der Waals surface area contributed by atoms with Crippen LogP contribution < -0.4 is 10.6 Å². The van der Waals surface area contributed by atoms with Crippen molar-refractivity contribution in [2.75, 3.05) is 53.0 Å². The second kappa shape index (κ2) is 12.2. The molecular weight excluding hydrogens is 348 g/mol. The van der Waals surface area contributed by atoms with Gasteiger partial charge in [0, 0.05) is 38.3 Å². The molecule has 0 aliphatic carbocycles. The van der Waals surface area contributed by atoms with Gasteiger partial charge in [-0.3, -0.25) is 4.99 Å². The van der Waals surface area contributed by atoms with E-state index in [1.165, 1.54) is 18.4 Å². The van der Waals surface area contributed by atoms with Crippen LogP contribution in [0.4, 0.5) is 0 Å². The summed E-state index contributed by atoms with van der Waals surface area (Å²) < 4.78 is 5.17. The van der Waals surface area contributed by atoms with Crippen molar-refractivity contribution in [2.24, 2.45) is 10.9 Å². The Bertz CT molecular complexity index is 544. The number of guanidine groups is 1. The molecule has 1 fully saturated rings. The highest BCUT2D eigenvalue weighted by Crippen LogP contribution is 2.17. The number of halogens is 1. The van der Waals surface area contributed by atoms with Crippen molar-refractivity contribution in [3.63, 3.8) is 0 Å². The molecule has 5 nitrogen and oxygen atoms in total. The number of ether oxygens (including phenoxy) is 1. The number of hydrogen-bond donors (Lipinski definition) is 2. The van der Waals surface area contributed by atoms with Crippen molar-refractivity contribution < 1.29 is 4.74 Å². The maximum atomic E-state index is 6.04. The van der Waals surface area contributed by atoms with Gasteiger partial charge in [-0.15, -0.1) is 0 Å². The molecule has 6 heteroatoms. The summed E-state index contributed by atoms with van der Waals surface area (Å²) in [5.74, 6) is 1.59. The molecule has 1 aliphatic heterocycles. The molecule has 1 aromatic carbocycles. The quantitative estimate of drug-likeness (QED) is 0.511. The molecule has 0 aromatic heterocycles. The first-order chi connectivity index (χ1) is 12.7. The van der Waals surface area contributed by atoms with Crippen molar-refractivity contribution >= 4 is 17.6 Å². The lowest BCUT2D eigenvalue weighted by Crippen LogP contribution is -2.40. The number of benzene rings is 1. The maximum absolute atomic E-state index is 6.04. The Kier molecular flexibility index (Phi) is 9.82. The van der Waals surface area contributed by atoms with Crippen LogP contribution in [0.2, 0.25) is 5.02 Å². The zero-order chi connectivity index (χ0) is 18.6. The molecule has 1 aliphatic rings. The van der Waals surface area contributed by atoms with Crippen LogP contribution in [0.1, 0.15) is 25.3 Å². The molecule has 0 spiro atoms. The number of hydrogen-bond acceptors (Lipinski definition) is 3. The molecule has 0 amide bonds. The summed E-state index contributed by atoms with van der Waals surface area (Å²) in [6.07, 6.45) is 3.37. The van der Waals surface area contributed by atoms with Crippen LogP contribution >= 0.6 is 11.6 Å². The Hall–Kier alpha value is -1.30. The van der Waals surface area contributed by atoms with Gasteiger partial charge >= 0.3 is 0 Å². The second-order valence-corrected chi connectivity index (χ2v) is 7.24. The van der Waals surface area contributed by atoms with Gasteiger partial charge in [-0.05, 0) is 62.9 Å². The van der Waals surface area contributed by atoms with Gasteiger partial charge in [0.15, 0.2) is 5.96 Å². The van der Waals surface area contributed by atoms with E-state index < -0.39 is 0 Å². The number of likely N-dealkylation sites (tertiary alicyclic amines) is 1. The molecule has 0 unspecified atom stereocenters. The standard InChI is InChI=1S/C20H33ClN4O/c1-3-22-20(23-10-7-17-5-4-6-19(21)15-17)24-16-18-8-11-25(12-9-18)13-14-26-2/h4-6,15,18H,3,7-14,16H2,1-2H3,(H2,22,23,24). The van der Waals surface area contributed by atoms with Crippen LogP contribution in [0.5, 0.6) is 0 Å². The number of rotatable bonds is 9. The molecule has 1 saturated heterocycles. The van der Waals surface area contributed by atoms with Crippen LogP contribution in [0, 0.1) is 5.92 Å². The Morgan fingerprint density at radius 3 is 2.81 bits per heavy atom. The van der Waals surface area contributed by atoms with Crippen molar-refractivity contribution in [2.45, 2.75) is 26.2 Å². The van der Waals surface area contributed by atoms with Crippen LogP contribution in [0.25, 0.3) is 0 Å². The van der Waals surface area contributed by atoms with Gasteiger partial charge in [0.1, 0.15) is 0 Å². The highest BCUT2D eigenvalue weighted by molar-refractivity contribution is 6.30. The highest BCUT2D eigenvalue weighted by atomic mass is 35.5. The number of methoxy groups -OCH3 is 1. The smallest absolute Gasteiger partial charge is 0.191 e. The van der Waals surface area contributed by atoms with E-state index >= 15 is 0 Å². The van der Waals surface area contributed by atoms with Gasteiger partial charge in [-0.2, -0.15) is 0 Å². The first-order valence-electron chi connectivity index (χ1n) is 9.69. The summed E-state index contributed by atoms with van der Waals surface area (Å²) in [6.45, 7) is 8.89. The van der Waals surface area contributed by atoms with Crippen LogP contribution in [-0.4, -0.2) is 63.8 Å². The zero-order valence-electron chi connectivity index (χ0n) is 16.1. The van der Waals surface area contributed by atoms with E-state index in [-0.39, 0.29) is 0 Å². The van der Waals surface area contributed by atoms with Crippen molar-refractivity contribution in [3.05, 3.63) is 34.9 Å². The molecule has 0 radical (unpaired) electrons. The lowest BCUT2D eigenvalue weighted by Gasteiger charge is -2.31. The minimum atomic E-state index is 0.678. The summed E-state index contributed by atoms with van der Waals surface area (Å²) in [4.78, 5) is 7.28. The number of piperidine rings is 1. The van der Waals surface area contributed by atoms with E-state index in [0.717, 1.165) is 63.3 Å². The van der Waals surface area contributed by atoms with Gasteiger partial charge in [0.2, 0.25) is 0 Å². The first kappa shape index (κ1) is 21.0. The Labute approximate surface area is 163 Å². The summed E-state index contributed by atoms with van der Waals surface area (Å²) in [5.41, 5.74) is 1.24. The predicted octanol–water partition coefficient (Wildman–Crippen LogP) is 2.80. The Balaban J connectivity index is 1.72. The van der Waals surface area contributed by atoms with E-state index in [2.05, 4.69) is 28.5 Å². The van der Waals surface area contributed by atoms with E-state index in [9.17, 15) is 0 Å². The second-order valence-electron chi connectivity index (χ2n) is 6.80. The Morgan fingerprint density at radius 2 is 2.12 bits per heavy atom. The third-order valence-electron chi connectivity index (χ3n) is 4.77. The Morgan fingerprint density at radius 1 is 1.31 bits per heavy atom. The molecule has 2 rings (SSSR count). The van der Waals surface area contributed by atoms with Crippen molar-refractivity contribution in [1.82, 2.24) is 15.5 Å².